The van der Waals surface area contributed by atoms with Crippen LogP contribution in [0.25, 0.3) is 0 Å². The van der Waals surface area contributed by atoms with E-state index in [2.05, 4.69) is 0 Å². The number of amides is 1. The normalized spacial score (nSPS) is 11.7. The molecule has 0 N–H and O–H groups in total. The molecule has 0 aliphatic carbocycles. The first kappa shape index (κ1) is 18.4. The summed E-state index contributed by atoms with van der Waals surface area (Å²) in [4.78, 5) is 14.1. The number of methoxy groups -OCH3 is 1. The number of likely N-dealkylation sites (N-methyl/N-ethyl adjacent to an activating group) is 1. The lowest BCUT2D eigenvalue weighted by atomic mass is 10.2. The fourth-order valence-corrected chi connectivity index (χ4v) is 2.67. The van der Waals surface area contributed by atoms with E-state index in [1.807, 2.05) is 0 Å². The molecular weight excluding hydrogens is 349 g/mol. The zero-order chi connectivity index (χ0) is 17.7. The maximum absolute atomic E-state index is 12.5. The van der Waals surface area contributed by atoms with Gasteiger partial charge in [0, 0.05) is 24.2 Å². The third kappa shape index (κ3) is 4.56. The fourth-order valence-electron chi connectivity index (χ4n) is 2.30. The van der Waals surface area contributed by atoms with Crippen molar-refractivity contribution < 1.29 is 14.3 Å². The van der Waals surface area contributed by atoms with E-state index in [-0.39, 0.29) is 5.91 Å². The Morgan fingerprint density at radius 1 is 1.17 bits per heavy atom. The summed E-state index contributed by atoms with van der Waals surface area (Å²) in [7, 11) is 3.28. The first-order chi connectivity index (χ1) is 11.4. The van der Waals surface area contributed by atoms with Crippen LogP contribution in [-0.4, -0.2) is 31.1 Å². The van der Waals surface area contributed by atoms with Crippen LogP contribution in [0.5, 0.6) is 11.5 Å². The van der Waals surface area contributed by atoms with Crippen molar-refractivity contribution in [2.24, 2.45) is 0 Å². The van der Waals surface area contributed by atoms with Gasteiger partial charge in [-0.25, -0.2) is 0 Å². The summed E-state index contributed by atoms with van der Waals surface area (Å²) in [6, 6.07) is 12.4. The number of hydrogen-bond donors (Lipinski definition) is 0. The lowest BCUT2D eigenvalue weighted by Crippen LogP contribution is -2.37. The van der Waals surface area contributed by atoms with E-state index in [9.17, 15) is 4.79 Å². The van der Waals surface area contributed by atoms with Crippen LogP contribution >= 0.6 is 23.2 Å². The molecule has 2 aromatic rings. The average molecular weight is 368 g/mol. The lowest BCUT2D eigenvalue weighted by Gasteiger charge is -2.23. The predicted molar refractivity (Wildman–Crippen MR) is 96.0 cm³/mol. The zero-order valence-corrected chi connectivity index (χ0v) is 15.3. The van der Waals surface area contributed by atoms with Crippen molar-refractivity contribution in [2.75, 3.05) is 14.2 Å². The smallest absolute Gasteiger partial charge is 0.263 e. The fraction of sp³-hybridized carbons (Fsp3) is 0.278. The van der Waals surface area contributed by atoms with Gasteiger partial charge in [0.25, 0.3) is 5.91 Å². The van der Waals surface area contributed by atoms with E-state index in [1.54, 1.807) is 68.4 Å². The molecular formula is C18H19Cl2NO3. The molecule has 1 unspecified atom stereocenters. The molecule has 6 heteroatoms. The molecule has 2 aromatic carbocycles. The van der Waals surface area contributed by atoms with Gasteiger partial charge in [0.15, 0.2) is 6.10 Å². The van der Waals surface area contributed by atoms with Crippen LogP contribution in [0.2, 0.25) is 10.0 Å². The van der Waals surface area contributed by atoms with Crippen LogP contribution in [0.1, 0.15) is 12.5 Å². The topological polar surface area (TPSA) is 38.8 Å². The van der Waals surface area contributed by atoms with Crippen molar-refractivity contribution in [1.82, 2.24) is 4.90 Å². The number of nitrogens with zero attached hydrogens (tertiary/aromatic N) is 1. The van der Waals surface area contributed by atoms with Crippen LogP contribution < -0.4 is 9.47 Å². The first-order valence-electron chi connectivity index (χ1n) is 7.41. The molecule has 2 rings (SSSR count). The molecule has 0 fully saturated rings. The number of benzene rings is 2. The number of ether oxygens (including phenoxy) is 2. The largest absolute Gasteiger partial charge is 0.496 e. The molecule has 0 aliphatic heterocycles. The molecule has 4 nitrogen and oxygen atoms in total. The summed E-state index contributed by atoms with van der Waals surface area (Å²) in [6.45, 7) is 2.05. The van der Waals surface area contributed by atoms with Crippen molar-refractivity contribution in [3.63, 3.8) is 0 Å². The second kappa shape index (κ2) is 8.27. The molecule has 0 heterocycles. The molecule has 0 saturated carbocycles. The Balaban J connectivity index is 2.06. The van der Waals surface area contributed by atoms with Crippen molar-refractivity contribution in [3.8, 4) is 11.5 Å². The SMILES string of the molecule is COc1ccc(Cl)cc1CN(C)C(=O)C(C)Oc1ccccc1Cl. The Kier molecular flexibility index (Phi) is 6.35. The summed E-state index contributed by atoms with van der Waals surface area (Å²) >= 11 is 12.1. The van der Waals surface area contributed by atoms with Crippen LogP contribution in [0, 0.1) is 0 Å². The van der Waals surface area contributed by atoms with Gasteiger partial charge in [-0.1, -0.05) is 35.3 Å². The number of hydrogen-bond acceptors (Lipinski definition) is 3. The number of halogens is 2. The Labute approximate surface area is 151 Å². The van der Waals surface area contributed by atoms with Crippen LogP contribution in [-0.2, 0) is 11.3 Å². The van der Waals surface area contributed by atoms with Gasteiger partial charge in [-0.05, 0) is 37.3 Å². The third-order valence-electron chi connectivity index (χ3n) is 3.51. The van der Waals surface area contributed by atoms with Crippen molar-refractivity contribution in [1.29, 1.82) is 0 Å². The van der Waals surface area contributed by atoms with E-state index in [4.69, 9.17) is 32.7 Å². The highest BCUT2D eigenvalue weighted by molar-refractivity contribution is 6.32. The van der Waals surface area contributed by atoms with Crippen LogP contribution in [0.3, 0.4) is 0 Å². The van der Waals surface area contributed by atoms with Crippen molar-refractivity contribution in [3.05, 3.63) is 58.1 Å². The van der Waals surface area contributed by atoms with Gasteiger partial charge in [-0.15, -0.1) is 0 Å². The highest BCUT2D eigenvalue weighted by atomic mass is 35.5. The number of carbonyl (C=O) groups excluding carboxylic acids is 1. The Morgan fingerprint density at radius 3 is 2.54 bits per heavy atom. The molecule has 0 bridgehead atoms. The van der Waals surface area contributed by atoms with E-state index < -0.39 is 6.10 Å². The highest BCUT2D eigenvalue weighted by Crippen LogP contribution is 2.26. The van der Waals surface area contributed by atoms with E-state index in [0.717, 1.165) is 5.56 Å². The molecule has 1 atom stereocenters. The lowest BCUT2D eigenvalue weighted by molar-refractivity contribution is -0.137. The molecule has 0 saturated heterocycles. The molecule has 0 aliphatic rings. The maximum Gasteiger partial charge on any atom is 0.263 e. The van der Waals surface area contributed by atoms with E-state index in [0.29, 0.717) is 28.1 Å². The van der Waals surface area contributed by atoms with Gasteiger partial charge in [0.2, 0.25) is 0 Å². The Hall–Kier alpha value is -1.91. The summed E-state index contributed by atoms with van der Waals surface area (Å²) in [5.74, 6) is 0.990. The molecule has 1 amide bonds. The van der Waals surface area contributed by atoms with Crippen molar-refractivity contribution in [2.45, 2.75) is 19.6 Å². The minimum absolute atomic E-state index is 0.169. The maximum atomic E-state index is 12.5. The Bertz CT molecular complexity index is 721. The highest BCUT2D eigenvalue weighted by Gasteiger charge is 2.21. The molecule has 24 heavy (non-hydrogen) atoms. The average Bonchev–Trinajstić information content (AvgIpc) is 2.56. The van der Waals surface area contributed by atoms with Gasteiger partial charge >= 0.3 is 0 Å². The van der Waals surface area contributed by atoms with Crippen LogP contribution in [0.4, 0.5) is 0 Å². The van der Waals surface area contributed by atoms with Gasteiger partial charge in [0.05, 0.1) is 12.1 Å². The van der Waals surface area contributed by atoms with E-state index in [1.165, 1.54) is 0 Å². The molecule has 0 aromatic heterocycles. The van der Waals surface area contributed by atoms with Gasteiger partial charge in [-0.2, -0.15) is 0 Å². The summed E-state index contributed by atoms with van der Waals surface area (Å²) in [5, 5.41) is 1.06. The van der Waals surface area contributed by atoms with Gasteiger partial charge in [0.1, 0.15) is 11.5 Å². The molecule has 0 spiro atoms. The first-order valence-corrected chi connectivity index (χ1v) is 8.16. The summed E-state index contributed by atoms with van der Waals surface area (Å²) in [5.41, 5.74) is 0.825. The zero-order valence-electron chi connectivity index (χ0n) is 13.8. The summed E-state index contributed by atoms with van der Waals surface area (Å²) < 4.78 is 11.0. The van der Waals surface area contributed by atoms with Crippen LogP contribution in [0.15, 0.2) is 42.5 Å². The second-order valence-electron chi connectivity index (χ2n) is 5.34. The van der Waals surface area contributed by atoms with E-state index >= 15 is 0 Å². The standard InChI is InChI=1S/C18H19Cl2NO3/c1-12(24-17-7-5-4-6-15(17)20)18(22)21(2)11-13-10-14(19)8-9-16(13)23-3/h4-10,12H,11H2,1-3H3. The predicted octanol–water partition coefficient (Wildman–Crippen LogP) is 4.43. The van der Waals surface area contributed by atoms with Crippen molar-refractivity contribution >= 4 is 29.1 Å². The quantitative estimate of drug-likeness (QED) is 0.757. The monoisotopic (exact) mass is 367 g/mol. The number of para-hydroxylation sites is 1. The number of rotatable bonds is 6. The minimum Gasteiger partial charge on any atom is -0.496 e. The van der Waals surface area contributed by atoms with Gasteiger partial charge in [-0.3, -0.25) is 4.79 Å². The second-order valence-corrected chi connectivity index (χ2v) is 6.18. The van der Waals surface area contributed by atoms with Gasteiger partial charge < -0.3 is 14.4 Å². The summed E-state index contributed by atoms with van der Waals surface area (Å²) in [6.07, 6.45) is -0.667. The third-order valence-corrected chi connectivity index (χ3v) is 4.06. The Morgan fingerprint density at radius 2 is 1.88 bits per heavy atom. The molecule has 128 valence electrons. The minimum atomic E-state index is -0.667. The number of carbonyl (C=O) groups is 1. The molecule has 0 radical (unpaired) electrons.